The molecular weight excluding hydrogens is 671 g/mol. The Kier molecular flexibility index (Phi) is 11.3. The Hall–Kier alpha value is -4.37. The van der Waals surface area contributed by atoms with Gasteiger partial charge in [-0.2, -0.15) is 30.0 Å². The number of hydrogen-bond donors (Lipinski definition) is 2. The van der Waals surface area contributed by atoms with Gasteiger partial charge in [0.25, 0.3) is 11.8 Å². The first-order chi connectivity index (χ1) is 23.8. The minimum atomic E-state index is -4.65. The van der Waals surface area contributed by atoms with Gasteiger partial charge in [-0.05, 0) is 61.9 Å². The summed E-state index contributed by atoms with van der Waals surface area (Å²) in [5.41, 5.74) is 8.32. The molecule has 50 heavy (non-hydrogen) atoms. The zero-order valence-corrected chi connectivity index (χ0v) is 29.3. The number of nitrogens with two attached hydrogens (primary N) is 1. The first-order valence-corrected chi connectivity index (χ1v) is 17.8. The van der Waals surface area contributed by atoms with Crippen molar-refractivity contribution in [3.63, 3.8) is 0 Å². The number of thioether (sulfide) groups is 1. The van der Waals surface area contributed by atoms with Crippen LogP contribution >= 0.6 is 11.8 Å². The standard InChI is InChI=1S/C35H42F3N7O4S/c1-5-26(22-15-16-22)30(42(4)41-32(48)23-11-10-12-24(19-23)35(36,37)38)28-29(34(49)44-17-18-50-20-27(44)31(39)47)40-45(25-13-8-7-9-14-25)33(28)43(6-2)21(3)46/h7-14,19,22,26-27,30H,5-6,15-18,20H2,1-4H3,(H2,39,47)(H,41,48). The van der Waals surface area contributed by atoms with Crippen LogP contribution in [0.4, 0.5) is 19.0 Å². The summed E-state index contributed by atoms with van der Waals surface area (Å²) in [4.78, 5) is 57.2. The normalized spacial score (nSPS) is 17.7. The Balaban J connectivity index is 1.74. The predicted molar refractivity (Wildman–Crippen MR) is 185 cm³/mol. The molecule has 3 aromatic rings. The molecule has 1 saturated carbocycles. The zero-order valence-electron chi connectivity index (χ0n) is 28.4. The summed E-state index contributed by atoms with van der Waals surface area (Å²) in [7, 11) is 1.60. The molecule has 1 aromatic heterocycles. The number of carbonyl (C=O) groups excluding carboxylic acids is 4. The van der Waals surface area contributed by atoms with Crippen LogP contribution in [0, 0.1) is 11.8 Å². The highest BCUT2D eigenvalue weighted by atomic mass is 32.2. The van der Waals surface area contributed by atoms with Crippen molar-refractivity contribution < 1.29 is 32.3 Å². The molecule has 0 bridgehead atoms. The predicted octanol–water partition coefficient (Wildman–Crippen LogP) is 5.06. The van der Waals surface area contributed by atoms with Crippen LogP contribution in [0.25, 0.3) is 5.69 Å². The van der Waals surface area contributed by atoms with Gasteiger partial charge in [-0.15, -0.1) is 0 Å². The molecule has 2 aromatic carbocycles. The topological polar surface area (TPSA) is 134 Å². The van der Waals surface area contributed by atoms with Crippen molar-refractivity contribution >= 4 is 41.2 Å². The molecule has 4 amide bonds. The van der Waals surface area contributed by atoms with Crippen molar-refractivity contribution in [1.29, 1.82) is 0 Å². The number of primary amides is 1. The van der Waals surface area contributed by atoms with Crippen molar-refractivity contribution in [2.75, 3.05) is 36.5 Å². The SMILES string of the molecule is CCC(C1CC1)C(c1c(C(=O)N2CCSCC2C(N)=O)nn(-c2ccccc2)c1N(CC)C(C)=O)N(C)NC(=O)c1cccc(C(F)(F)F)c1. The van der Waals surface area contributed by atoms with Crippen LogP contribution in [-0.2, 0) is 15.8 Å². The van der Waals surface area contributed by atoms with Gasteiger partial charge in [-0.1, -0.05) is 37.6 Å². The van der Waals surface area contributed by atoms with Crippen molar-refractivity contribution in [3.8, 4) is 5.69 Å². The summed E-state index contributed by atoms with van der Waals surface area (Å²) in [6, 6.07) is 11.5. The molecule has 0 spiro atoms. The van der Waals surface area contributed by atoms with E-state index in [-0.39, 0.29) is 42.1 Å². The average molecular weight is 714 g/mol. The summed E-state index contributed by atoms with van der Waals surface area (Å²) >= 11 is 1.51. The maximum Gasteiger partial charge on any atom is 0.416 e. The van der Waals surface area contributed by atoms with Gasteiger partial charge < -0.3 is 10.6 Å². The van der Waals surface area contributed by atoms with Gasteiger partial charge in [0.05, 0.1) is 17.3 Å². The molecule has 3 unspecified atom stereocenters. The summed E-state index contributed by atoms with van der Waals surface area (Å²) in [5, 5.41) is 6.41. The van der Waals surface area contributed by atoms with Gasteiger partial charge >= 0.3 is 6.18 Å². The molecule has 2 fully saturated rings. The third kappa shape index (κ3) is 7.68. The minimum absolute atomic E-state index is 0.00836. The number of nitrogens with zero attached hydrogens (tertiary/aromatic N) is 5. The van der Waals surface area contributed by atoms with E-state index in [1.54, 1.807) is 42.9 Å². The molecule has 2 heterocycles. The van der Waals surface area contributed by atoms with Gasteiger partial charge in [-0.3, -0.25) is 29.5 Å². The van der Waals surface area contributed by atoms with Gasteiger partial charge in [0, 0.05) is 49.7 Å². The number of rotatable bonds is 12. The maximum atomic E-state index is 14.7. The quantitative estimate of drug-likeness (QED) is 0.251. The van der Waals surface area contributed by atoms with E-state index in [1.165, 1.54) is 45.6 Å². The number of anilines is 1. The molecule has 0 radical (unpaired) electrons. The third-order valence-corrected chi connectivity index (χ3v) is 10.3. The van der Waals surface area contributed by atoms with Crippen LogP contribution in [0.15, 0.2) is 54.6 Å². The Labute approximate surface area is 293 Å². The first kappa shape index (κ1) is 36.9. The molecule has 1 saturated heterocycles. The summed E-state index contributed by atoms with van der Waals surface area (Å²) in [5.74, 6) is -1.06. The van der Waals surface area contributed by atoms with Crippen molar-refractivity contribution in [1.82, 2.24) is 25.1 Å². The first-order valence-electron chi connectivity index (χ1n) is 16.6. The van der Waals surface area contributed by atoms with Gasteiger partial charge in [0.1, 0.15) is 11.9 Å². The number of benzene rings is 2. The molecule has 3 atom stereocenters. The third-order valence-electron chi connectivity index (χ3n) is 9.32. The molecule has 1 aliphatic carbocycles. The Morgan fingerprint density at radius 1 is 1.08 bits per heavy atom. The minimum Gasteiger partial charge on any atom is -0.368 e. The second-order valence-electron chi connectivity index (χ2n) is 12.6. The Bertz CT molecular complexity index is 1730. The molecule has 11 nitrogen and oxygen atoms in total. The highest BCUT2D eigenvalue weighted by Crippen LogP contribution is 2.49. The van der Waals surface area contributed by atoms with Crippen LogP contribution in [0.2, 0.25) is 0 Å². The highest BCUT2D eigenvalue weighted by Gasteiger charge is 2.45. The monoisotopic (exact) mass is 713 g/mol. The van der Waals surface area contributed by atoms with E-state index in [2.05, 4.69) is 5.43 Å². The van der Waals surface area contributed by atoms with Gasteiger partial charge in [0.2, 0.25) is 11.8 Å². The summed E-state index contributed by atoms with van der Waals surface area (Å²) in [6.45, 7) is 5.66. The Morgan fingerprint density at radius 2 is 1.78 bits per heavy atom. The second kappa shape index (κ2) is 15.3. The van der Waals surface area contributed by atoms with Crippen molar-refractivity contribution in [3.05, 3.63) is 77.0 Å². The van der Waals surface area contributed by atoms with Crippen LogP contribution in [-0.4, -0.2) is 81.0 Å². The van der Waals surface area contributed by atoms with E-state index in [1.807, 2.05) is 13.0 Å². The van der Waals surface area contributed by atoms with E-state index < -0.39 is 41.5 Å². The number of alkyl halides is 3. The number of aromatic nitrogens is 2. The fraction of sp³-hybridized carbons (Fsp3) is 0.457. The molecule has 268 valence electrons. The van der Waals surface area contributed by atoms with Crippen LogP contribution < -0.4 is 16.1 Å². The zero-order chi connectivity index (χ0) is 36.3. The van der Waals surface area contributed by atoms with Gasteiger partial charge in [-0.25, -0.2) is 9.69 Å². The van der Waals surface area contributed by atoms with Crippen molar-refractivity contribution in [2.45, 2.75) is 58.3 Å². The number of amides is 4. The number of nitrogens with one attached hydrogen (secondary N) is 1. The molecule has 15 heteroatoms. The Morgan fingerprint density at radius 3 is 2.36 bits per heavy atom. The van der Waals surface area contributed by atoms with E-state index in [4.69, 9.17) is 10.8 Å². The maximum absolute atomic E-state index is 14.7. The lowest BCUT2D eigenvalue weighted by Crippen LogP contribution is -2.53. The number of halogens is 3. The van der Waals surface area contributed by atoms with Crippen LogP contribution in [0.1, 0.15) is 78.0 Å². The lowest BCUT2D eigenvalue weighted by molar-refractivity contribution is -0.137. The van der Waals surface area contributed by atoms with Crippen molar-refractivity contribution in [2.24, 2.45) is 17.6 Å². The fourth-order valence-corrected chi connectivity index (χ4v) is 7.83. The number of para-hydroxylation sites is 1. The number of hydrazine groups is 1. The molecular formula is C35H42F3N7O4S. The molecule has 1 aliphatic heterocycles. The van der Waals surface area contributed by atoms with Crippen LogP contribution in [0.5, 0.6) is 0 Å². The molecule has 3 N–H and O–H groups in total. The highest BCUT2D eigenvalue weighted by molar-refractivity contribution is 7.99. The molecule has 5 rings (SSSR count). The number of carbonyl (C=O) groups is 4. The van der Waals surface area contributed by atoms with E-state index in [0.29, 0.717) is 35.0 Å². The summed E-state index contributed by atoms with van der Waals surface area (Å²) in [6.07, 6.45) is -2.24. The largest absolute Gasteiger partial charge is 0.416 e. The van der Waals surface area contributed by atoms with E-state index in [9.17, 15) is 32.3 Å². The van der Waals surface area contributed by atoms with E-state index >= 15 is 0 Å². The van der Waals surface area contributed by atoms with Gasteiger partial charge in [0.15, 0.2) is 5.69 Å². The number of hydrogen-bond acceptors (Lipinski definition) is 7. The lowest BCUT2D eigenvalue weighted by atomic mass is 9.85. The average Bonchev–Trinajstić information content (AvgIpc) is 3.87. The molecule has 2 aliphatic rings. The lowest BCUT2D eigenvalue weighted by Gasteiger charge is -2.37. The second-order valence-corrected chi connectivity index (χ2v) is 13.7. The summed E-state index contributed by atoms with van der Waals surface area (Å²) < 4.78 is 42.2. The fourth-order valence-electron chi connectivity index (χ4n) is 6.77. The van der Waals surface area contributed by atoms with E-state index in [0.717, 1.165) is 25.0 Å². The van der Waals surface area contributed by atoms with Crippen LogP contribution in [0.3, 0.4) is 0 Å². The smallest absolute Gasteiger partial charge is 0.368 e.